The Morgan fingerprint density at radius 1 is 1.17 bits per heavy atom. The van der Waals surface area contributed by atoms with Crippen LogP contribution in [0, 0.1) is 12.7 Å². The first-order chi connectivity index (χ1) is 16.5. The minimum atomic E-state index is -1.66. The van der Waals surface area contributed by atoms with Crippen LogP contribution in [0.4, 0.5) is 4.39 Å². The Morgan fingerprint density at radius 2 is 1.86 bits per heavy atom. The van der Waals surface area contributed by atoms with E-state index in [1.807, 2.05) is 13.1 Å². The van der Waals surface area contributed by atoms with Crippen LogP contribution in [0.15, 0.2) is 36.2 Å². The average molecular weight is 499 g/mol. The molecule has 3 rings (SSSR count). The molecule has 1 aliphatic rings. The maximum atomic E-state index is 14.8. The molecule has 0 amide bonds. The van der Waals surface area contributed by atoms with E-state index in [0.29, 0.717) is 11.3 Å². The Hall–Kier alpha value is -2.54. The van der Waals surface area contributed by atoms with Crippen molar-refractivity contribution in [2.75, 3.05) is 0 Å². The largest absolute Gasteiger partial charge is 0.547 e. The summed E-state index contributed by atoms with van der Waals surface area (Å²) in [5.41, 5.74) is 2.09. The molecule has 1 heterocycles. The van der Waals surface area contributed by atoms with Crippen molar-refractivity contribution in [3.63, 3.8) is 0 Å². The lowest BCUT2D eigenvalue weighted by Crippen LogP contribution is -2.35. The third-order valence-electron chi connectivity index (χ3n) is 6.90. The van der Waals surface area contributed by atoms with E-state index >= 15 is 0 Å². The van der Waals surface area contributed by atoms with Gasteiger partial charge >= 0.3 is 5.97 Å². The molecular formula is C28H39FN2O3Si. The fraction of sp³-hybridized carbons (Fsp3) is 0.536. The maximum Gasteiger partial charge on any atom is 0.341 e. The number of carbonyl (C=O) groups excluding carboxylic acids is 1. The van der Waals surface area contributed by atoms with E-state index in [4.69, 9.17) is 14.1 Å². The number of aryl methyl sites for hydroxylation is 1. The Balaban J connectivity index is 1.80. The van der Waals surface area contributed by atoms with Gasteiger partial charge in [-0.1, -0.05) is 26.8 Å². The van der Waals surface area contributed by atoms with Gasteiger partial charge < -0.3 is 9.16 Å². The second-order valence-electron chi connectivity index (χ2n) is 10.4. The molecule has 5 nitrogen and oxygen atoms in total. The fourth-order valence-corrected chi connectivity index (χ4v) is 7.18. The highest BCUT2D eigenvalue weighted by atomic mass is 28.4. The summed E-state index contributed by atoms with van der Waals surface area (Å²) >= 11 is 0. The smallest absolute Gasteiger partial charge is 0.341 e. The van der Waals surface area contributed by atoms with E-state index in [9.17, 15) is 9.18 Å². The number of nitrogens with zero attached hydrogens (tertiary/aromatic N) is 2. The molecule has 7 heteroatoms. The summed E-state index contributed by atoms with van der Waals surface area (Å²) in [6, 6.07) is 7.92. The van der Waals surface area contributed by atoms with Gasteiger partial charge in [0.15, 0.2) is 0 Å². The van der Waals surface area contributed by atoms with E-state index in [1.165, 1.54) is 12.1 Å². The van der Waals surface area contributed by atoms with Gasteiger partial charge in [-0.15, -0.1) is 0 Å². The topological polar surface area (TPSA) is 61.3 Å². The number of carbonyl (C=O) groups is 1. The molecule has 1 aromatic heterocycles. The van der Waals surface area contributed by atoms with Gasteiger partial charge in [-0.25, -0.2) is 14.2 Å². The van der Waals surface area contributed by atoms with Gasteiger partial charge in [0.1, 0.15) is 11.4 Å². The standard InChI is InChI=1S/C28H39FN2O3Si/c1-8-35(9-2,10-3)34-22-14-11-20(12-15-22)25-18-30-19(4)26(31-25)21-13-16-23(24(29)17-21)27(32)33-28(5,6)7/h13-14,16-18,20H,8-12,15H2,1-7H3. The predicted molar refractivity (Wildman–Crippen MR) is 140 cm³/mol. The number of hydrogen-bond acceptors (Lipinski definition) is 5. The van der Waals surface area contributed by atoms with E-state index in [2.05, 4.69) is 31.8 Å². The lowest BCUT2D eigenvalue weighted by molar-refractivity contribution is 0.00647. The Bertz CT molecular complexity index is 1080. The molecule has 0 saturated carbocycles. The van der Waals surface area contributed by atoms with Crippen LogP contribution in [0.25, 0.3) is 11.3 Å². The van der Waals surface area contributed by atoms with Crippen LogP contribution in [0.1, 0.15) is 88.5 Å². The molecule has 0 spiro atoms. The second kappa shape index (κ2) is 11.0. The van der Waals surface area contributed by atoms with Gasteiger partial charge in [0.25, 0.3) is 0 Å². The van der Waals surface area contributed by atoms with Crippen molar-refractivity contribution < 1.29 is 18.3 Å². The lowest BCUT2D eigenvalue weighted by atomic mass is 9.90. The number of aromatic nitrogens is 2. The third kappa shape index (κ3) is 6.57. The van der Waals surface area contributed by atoms with Crippen LogP contribution < -0.4 is 0 Å². The highest BCUT2D eigenvalue weighted by Gasteiger charge is 2.32. The van der Waals surface area contributed by atoms with E-state index in [0.717, 1.165) is 54.5 Å². The zero-order valence-electron chi connectivity index (χ0n) is 22.2. The third-order valence-corrected chi connectivity index (χ3v) is 11.5. The van der Waals surface area contributed by atoms with Crippen LogP contribution in [0.3, 0.4) is 0 Å². The summed E-state index contributed by atoms with van der Waals surface area (Å²) in [6.07, 6.45) is 6.78. The fourth-order valence-electron chi connectivity index (χ4n) is 4.51. The molecule has 0 radical (unpaired) electrons. The number of esters is 1. The van der Waals surface area contributed by atoms with E-state index < -0.39 is 25.7 Å². The summed E-state index contributed by atoms with van der Waals surface area (Å²) in [5, 5.41) is 0. The summed E-state index contributed by atoms with van der Waals surface area (Å²) in [4.78, 5) is 21.8. The summed E-state index contributed by atoms with van der Waals surface area (Å²) < 4.78 is 26.7. The van der Waals surface area contributed by atoms with Crippen molar-refractivity contribution in [1.82, 2.24) is 9.97 Å². The summed E-state index contributed by atoms with van der Waals surface area (Å²) in [5.74, 6) is 0.0900. The molecule has 0 N–H and O–H groups in total. The van der Waals surface area contributed by atoms with Crippen molar-refractivity contribution in [1.29, 1.82) is 0 Å². The van der Waals surface area contributed by atoms with Gasteiger partial charge in [-0.05, 0) is 76.9 Å². The van der Waals surface area contributed by atoms with Crippen molar-refractivity contribution in [2.45, 2.75) is 97.4 Å². The minimum Gasteiger partial charge on any atom is -0.547 e. The molecule has 35 heavy (non-hydrogen) atoms. The summed E-state index contributed by atoms with van der Waals surface area (Å²) in [7, 11) is -1.66. The number of benzene rings is 1. The second-order valence-corrected chi connectivity index (χ2v) is 15.1. The van der Waals surface area contributed by atoms with Crippen LogP contribution in [-0.4, -0.2) is 29.9 Å². The van der Waals surface area contributed by atoms with Crippen LogP contribution >= 0.6 is 0 Å². The van der Waals surface area contributed by atoms with E-state index in [1.54, 1.807) is 26.8 Å². The van der Waals surface area contributed by atoms with Crippen LogP contribution in [0.2, 0.25) is 18.1 Å². The first-order valence-corrected chi connectivity index (χ1v) is 15.3. The lowest BCUT2D eigenvalue weighted by Gasteiger charge is -2.33. The highest BCUT2D eigenvalue weighted by Crippen LogP contribution is 2.36. The van der Waals surface area contributed by atoms with Crippen LogP contribution in [-0.2, 0) is 9.16 Å². The number of hydrogen-bond donors (Lipinski definition) is 0. The molecule has 1 atom stereocenters. The number of rotatable bonds is 8. The number of ether oxygens (including phenoxy) is 1. The Labute approximate surface area is 210 Å². The molecular weight excluding hydrogens is 459 g/mol. The highest BCUT2D eigenvalue weighted by molar-refractivity contribution is 6.73. The maximum absolute atomic E-state index is 14.8. The molecule has 0 fully saturated rings. The molecule has 0 saturated heterocycles. The first-order valence-electron chi connectivity index (χ1n) is 12.8. The molecule has 1 aliphatic carbocycles. The van der Waals surface area contributed by atoms with Gasteiger partial charge in [-0.2, -0.15) is 0 Å². The normalized spacial score (nSPS) is 16.6. The Morgan fingerprint density at radius 3 is 2.40 bits per heavy atom. The minimum absolute atomic E-state index is 0.0822. The van der Waals surface area contributed by atoms with Gasteiger partial charge in [0.2, 0.25) is 8.32 Å². The molecule has 0 aliphatic heterocycles. The van der Waals surface area contributed by atoms with Crippen molar-refractivity contribution in [3.05, 3.63) is 59.0 Å². The molecule has 190 valence electrons. The van der Waals surface area contributed by atoms with Gasteiger partial charge in [-0.3, -0.25) is 4.98 Å². The number of halogens is 1. The average Bonchev–Trinajstić information content (AvgIpc) is 2.82. The summed E-state index contributed by atoms with van der Waals surface area (Å²) in [6.45, 7) is 13.9. The predicted octanol–water partition coefficient (Wildman–Crippen LogP) is 7.72. The monoisotopic (exact) mass is 498 g/mol. The van der Waals surface area contributed by atoms with Gasteiger partial charge in [0, 0.05) is 24.1 Å². The SMILES string of the molecule is CC[Si](CC)(CC)OC1=CCC(c2cnc(C)c(-c3ccc(C(=O)OC(C)(C)C)c(F)c3)n2)CC1. The molecule has 1 unspecified atom stereocenters. The Kier molecular flexibility index (Phi) is 8.52. The zero-order valence-corrected chi connectivity index (χ0v) is 23.2. The van der Waals surface area contributed by atoms with Crippen LogP contribution in [0.5, 0.6) is 0 Å². The quantitative estimate of drug-likeness (QED) is 0.275. The number of allylic oxidation sites excluding steroid dienone is 2. The molecule has 1 aromatic carbocycles. The first kappa shape index (κ1) is 27.1. The zero-order chi connectivity index (χ0) is 25.8. The molecule has 2 aromatic rings. The molecule has 0 bridgehead atoms. The van der Waals surface area contributed by atoms with Gasteiger partial charge in [0.05, 0.1) is 28.4 Å². The van der Waals surface area contributed by atoms with Crippen molar-refractivity contribution in [3.8, 4) is 11.3 Å². The van der Waals surface area contributed by atoms with E-state index in [-0.39, 0.29) is 11.5 Å². The van der Waals surface area contributed by atoms with Crippen molar-refractivity contribution in [2.24, 2.45) is 0 Å². The van der Waals surface area contributed by atoms with Crippen molar-refractivity contribution >= 4 is 14.3 Å².